The topological polar surface area (TPSA) is 107 Å². The van der Waals surface area contributed by atoms with Crippen LogP contribution in [-0.2, 0) is 6.54 Å². The quantitative estimate of drug-likeness (QED) is 0.474. The van der Waals surface area contributed by atoms with Gasteiger partial charge in [-0.2, -0.15) is 0 Å². The third-order valence-corrected chi connectivity index (χ3v) is 5.02. The highest BCUT2D eigenvalue weighted by Crippen LogP contribution is 2.43. The molecule has 28 heavy (non-hydrogen) atoms. The number of halogens is 1. The maximum absolute atomic E-state index is 12.9. The molecule has 0 bridgehead atoms. The molecular formula is C19H15BrN4O4. The number of phenols is 2. The zero-order chi connectivity index (χ0) is 20.2. The second kappa shape index (κ2) is 6.45. The van der Waals surface area contributed by atoms with E-state index in [0.717, 1.165) is 14.9 Å². The van der Waals surface area contributed by atoms with Gasteiger partial charge in [0.1, 0.15) is 16.8 Å². The van der Waals surface area contributed by atoms with E-state index < -0.39 is 23.3 Å². The number of rotatable bonds is 3. The van der Waals surface area contributed by atoms with Crippen molar-refractivity contribution in [3.8, 4) is 11.5 Å². The Morgan fingerprint density at radius 2 is 1.79 bits per heavy atom. The molecule has 1 aliphatic rings. The van der Waals surface area contributed by atoms with E-state index in [1.165, 1.54) is 6.20 Å². The Morgan fingerprint density at radius 3 is 2.43 bits per heavy atom. The maximum Gasteiger partial charge on any atom is 0.265 e. The lowest BCUT2D eigenvalue weighted by molar-refractivity contribution is 0.0641. The van der Waals surface area contributed by atoms with Crippen LogP contribution in [0.5, 0.6) is 11.5 Å². The molecule has 2 heterocycles. The van der Waals surface area contributed by atoms with Gasteiger partial charge >= 0.3 is 0 Å². The zero-order valence-corrected chi connectivity index (χ0v) is 16.6. The summed E-state index contributed by atoms with van der Waals surface area (Å²) in [5.74, 6) is -1.91. The normalized spacial score (nSPS) is 13.3. The van der Waals surface area contributed by atoms with Crippen LogP contribution in [0.3, 0.4) is 0 Å². The number of imide groups is 1. The summed E-state index contributed by atoms with van der Waals surface area (Å²) < 4.78 is 0.810. The average molecular weight is 443 g/mol. The van der Waals surface area contributed by atoms with Gasteiger partial charge in [-0.05, 0) is 17.7 Å². The van der Waals surface area contributed by atoms with Crippen molar-refractivity contribution in [2.45, 2.75) is 6.54 Å². The first-order valence-corrected chi connectivity index (χ1v) is 9.11. The van der Waals surface area contributed by atoms with Crippen molar-refractivity contribution in [3.63, 3.8) is 0 Å². The largest absolute Gasteiger partial charge is 0.506 e. The summed E-state index contributed by atoms with van der Waals surface area (Å²) in [6.07, 6.45) is 1.32. The van der Waals surface area contributed by atoms with Gasteiger partial charge in [0.15, 0.2) is 5.75 Å². The number of phenolic OH excluding ortho intramolecular Hbond substituents is 2. The fourth-order valence-electron chi connectivity index (χ4n) is 3.17. The first-order chi connectivity index (χ1) is 13.3. The molecule has 8 nitrogen and oxygen atoms in total. The highest BCUT2D eigenvalue weighted by Gasteiger charge is 2.42. The molecule has 0 fully saturated rings. The second-order valence-corrected chi connectivity index (χ2v) is 7.52. The summed E-state index contributed by atoms with van der Waals surface area (Å²) in [6, 6.07) is 7.18. The Labute approximate surface area is 168 Å². The molecule has 2 amide bonds. The third-order valence-electron chi connectivity index (χ3n) is 4.53. The minimum absolute atomic E-state index is 0.00956. The molecule has 0 unspecified atom stereocenters. The first kappa shape index (κ1) is 18.2. The van der Waals surface area contributed by atoms with E-state index >= 15 is 0 Å². The van der Waals surface area contributed by atoms with E-state index in [1.54, 1.807) is 37.2 Å². The highest BCUT2D eigenvalue weighted by atomic mass is 79.9. The van der Waals surface area contributed by atoms with Gasteiger partial charge in [0, 0.05) is 24.8 Å². The van der Waals surface area contributed by atoms with Gasteiger partial charge in [0.05, 0.1) is 17.5 Å². The SMILES string of the molecule is CN(C)c1ncc2c(O)c3c(c(O)c2n1)C(=O)N(Cc1cccc(Br)c1)C3=O. The fraction of sp³-hybridized carbons (Fsp3) is 0.158. The minimum atomic E-state index is -0.681. The summed E-state index contributed by atoms with van der Waals surface area (Å²) in [5, 5.41) is 21.4. The van der Waals surface area contributed by atoms with Gasteiger partial charge in [0.2, 0.25) is 5.95 Å². The zero-order valence-electron chi connectivity index (χ0n) is 15.0. The number of hydrogen-bond acceptors (Lipinski definition) is 7. The monoisotopic (exact) mass is 442 g/mol. The molecule has 1 aromatic heterocycles. The van der Waals surface area contributed by atoms with Crippen LogP contribution in [0.1, 0.15) is 26.3 Å². The number of carbonyl (C=O) groups is 2. The predicted octanol–water partition coefficient (Wildman–Crippen LogP) is 2.67. The summed E-state index contributed by atoms with van der Waals surface area (Å²) in [6.45, 7) is 0.00956. The Morgan fingerprint density at radius 1 is 1.11 bits per heavy atom. The Kier molecular flexibility index (Phi) is 4.19. The molecule has 2 aromatic carbocycles. The van der Waals surface area contributed by atoms with Gasteiger partial charge in [0.25, 0.3) is 11.8 Å². The molecule has 3 aromatic rings. The molecule has 0 saturated heterocycles. The van der Waals surface area contributed by atoms with Gasteiger partial charge in [-0.1, -0.05) is 28.1 Å². The van der Waals surface area contributed by atoms with E-state index in [0.29, 0.717) is 5.95 Å². The number of amides is 2. The molecule has 0 aliphatic carbocycles. The molecule has 4 rings (SSSR count). The van der Waals surface area contributed by atoms with Crippen LogP contribution in [0.25, 0.3) is 10.9 Å². The molecule has 142 valence electrons. The van der Waals surface area contributed by atoms with Crippen molar-refractivity contribution in [3.05, 3.63) is 51.6 Å². The van der Waals surface area contributed by atoms with Crippen molar-refractivity contribution in [1.29, 1.82) is 0 Å². The average Bonchev–Trinajstić information content (AvgIpc) is 2.91. The number of aromatic nitrogens is 2. The number of nitrogens with zero attached hydrogens (tertiary/aromatic N) is 4. The number of fused-ring (bicyclic) bond motifs is 2. The summed E-state index contributed by atoms with van der Waals surface area (Å²) in [5.41, 5.74) is 0.266. The second-order valence-electron chi connectivity index (χ2n) is 6.60. The fourth-order valence-corrected chi connectivity index (χ4v) is 3.62. The van der Waals surface area contributed by atoms with E-state index in [4.69, 9.17) is 0 Å². The number of carbonyl (C=O) groups excluding carboxylic acids is 2. The predicted molar refractivity (Wildman–Crippen MR) is 106 cm³/mol. The van der Waals surface area contributed by atoms with Crippen molar-refractivity contribution in [2.24, 2.45) is 0 Å². The summed E-state index contributed by atoms with van der Waals surface area (Å²) in [4.78, 5) is 36.7. The Balaban J connectivity index is 1.86. The van der Waals surface area contributed by atoms with Gasteiger partial charge in [-0.15, -0.1) is 0 Å². The molecular weight excluding hydrogens is 428 g/mol. The molecule has 1 aliphatic heterocycles. The number of anilines is 1. The minimum Gasteiger partial charge on any atom is -0.506 e. The lowest BCUT2D eigenvalue weighted by Crippen LogP contribution is -2.29. The Bertz CT molecular complexity index is 1160. The van der Waals surface area contributed by atoms with Crippen LogP contribution in [0, 0.1) is 0 Å². The summed E-state index contributed by atoms with van der Waals surface area (Å²) in [7, 11) is 3.44. The number of hydrogen-bond donors (Lipinski definition) is 2. The lowest BCUT2D eigenvalue weighted by atomic mass is 10.0. The molecule has 0 spiro atoms. The van der Waals surface area contributed by atoms with Crippen LogP contribution in [0.15, 0.2) is 34.9 Å². The first-order valence-electron chi connectivity index (χ1n) is 8.32. The lowest BCUT2D eigenvalue weighted by Gasteiger charge is -2.14. The standard InChI is InChI=1S/C19H15BrN4O4/c1-23(2)19-21-7-11-14(22-19)16(26)13-12(15(11)25)17(27)24(18(13)28)8-9-4-3-5-10(20)6-9/h3-7,25-26H,8H2,1-2H3. The van der Waals surface area contributed by atoms with Crippen LogP contribution in [0.2, 0.25) is 0 Å². The summed E-state index contributed by atoms with van der Waals surface area (Å²) >= 11 is 3.35. The number of aromatic hydroxyl groups is 2. The van der Waals surface area contributed by atoms with Crippen molar-refractivity contribution in [2.75, 3.05) is 19.0 Å². The highest BCUT2D eigenvalue weighted by molar-refractivity contribution is 9.10. The van der Waals surface area contributed by atoms with Gasteiger partial charge in [-0.3, -0.25) is 14.5 Å². The molecule has 0 atom stereocenters. The molecule has 2 N–H and O–H groups in total. The molecule has 0 radical (unpaired) electrons. The van der Waals surface area contributed by atoms with E-state index in [1.807, 2.05) is 6.07 Å². The van der Waals surface area contributed by atoms with Gasteiger partial charge < -0.3 is 15.1 Å². The molecule has 0 saturated carbocycles. The van der Waals surface area contributed by atoms with E-state index in [-0.39, 0.29) is 28.6 Å². The van der Waals surface area contributed by atoms with Crippen molar-refractivity contribution < 1.29 is 19.8 Å². The Hall–Kier alpha value is -3.20. The maximum atomic E-state index is 12.9. The smallest absolute Gasteiger partial charge is 0.265 e. The van der Waals surface area contributed by atoms with Crippen LogP contribution in [-0.4, -0.2) is 51.0 Å². The van der Waals surface area contributed by atoms with E-state index in [2.05, 4.69) is 25.9 Å². The van der Waals surface area contributed by atoms with E-state index in [9.17, 15) is 19.8 Å². The van der Waals surface area contributed by atoms with Crippen LogP contribution in [0.4, 0.5) is 5.95 Å². The number of benzene rings is 2. The van der Waals surface area contributed by atoms with Crippen LogP contribution < -0.4 is 4.90 Å². The third kappa shape index (κ3) is 2.66. The van der Waals surface area contributed by atoms with Gasteiger partial charge in [-0.25, -0.2) is 9.97 Å². The van der Waals surface area contributed by atoms with Crippen molar-refractivity contribution >= 4 is 44.6 Å². The molecule has 9 heteroatoms. The van der Waals surface area contributed by atoms with Crippen molar-refractivity contribution in [1.82, 2.24) is 14.9 Å². The van der Waals surface area contributed by atoms with Crippen LogP contribution >= 0.6 is 15.9 Å².